The first kappa shape index (κ1) is 16.2. The summed E-state index contributed by atoms with van der Waals surface area (Å²) in [4.78, 5) is 11.5. The number of carbonyl (C=O) groups is 1. The van der Waals surface area contributed by atoms with E-state index >= 15 is 0 Å². The van der Waals surface area contributed by atoms with E-state index in [1.807, 2.05) is 13.8 Å². The highest BCUT2D eigenvalue weighted by Gasteiger charge is 2.08. The van der Waals surface area contributed by atoms with Gasteiger partial charge in [-0.15, -0.1) is 0 Å². The van der Waals surface area contributed by atoms with Crippen LogP contribution in [0, 0.1) is 17.7 Å². The molecule has 0 radical (unpaired) electrons. The summed E-state index contributed by atoms with van der Waals surface area (Å²) < 4.78 is 18.9. The van der Waals surface area contributed by atoms with Gasteiger partial charge in [0.15, 0.2) is 0 Å². The summed E-state index contributed by atoms with van der Waals surface area (Å²) in [5.41, 5.74) is 0.586. The highest BCUT2D eigenvalue weighted by atomic mass is 19.1. The Hall–Kier alpha value is -1.90. The Labute approximate surface area is 117 Å². The number of carbonyl (C=O) groups excluding carboxylic acids is 1. The van der Waals surface area contributed by atoms with Crippen molar-refractivity contribution in [3.63, 3.8) is 0 Å². The molecule has 0 aromatic heterocycles. The van der Waals surface area contributed by atoms with Crippen LogP contribution in [0.25, 0.3) is 0 Å². The van der Waals surface area contributed by atoms with Crippen molar-refractivity contribution in [3.8, 4) is 11.8 Å². The van der Waals surface area contributed by atoms with Crippen LogP contribution in [0.1, 0.15) is 25.8 Å². The second kappa shape index (κ2) is 8.31. The second-order valence-electron chi connectivity index (χ2n) is 4.38. The van der Waals surface area contributed by atoms with Crippen LogP contribution in [0.2, 0.25) is 0 Å². The van der Waals surface area contributed by atoms with Crippen LogP contribution in [0.15, 0.2) is 18.2 Å². The summed E-state index contributed by atoms with van der Waals surface area (Å²) in [5, 5.41) is 11.0. The largest absolute Gasteiger partial charge is 0.395 e. The lowest BCUT2D eigenvalue weighted by molar-refractivity contribution is -0.121. The summed E-state index contributed by atoms with van der Waals surface area (Å²) in [6.45, 7) is 3.48. The number of halogens is 1. The minimum Gasteiger partial charge on any atom is -0.395 e. The molecule has 20 heavy (non-hydrogen) atoms. The number of aliphatic hydroxyl groups excluding tert-OH is 1. The van der Waals surface area contributed by atoms with Crippen LogP contribution >= 0.6 is 0 Å². The van der Waals surface area contributed by atoms with E-state index in [4.69, 9.17) is 9.84 Å². The minimum atomic E-state index is -0.557. The van der Waals surface area contributed by atoms with Crippen molar-refractivity contribution in [2.75, 3.05) is 18.5 Å². The number of hydrogen-bond acceptors (Lipinski definition) is 3. The van der Waals surface area contributed by atoms with Crippen LogP contribution in [0.4, 0.5) is 10.1 Å². The van der Waals surface area contributed by atoms with Crippen molar-refractivity contribution in [2.24, 2.45) is 0 Å². The summed E-state index contributed by atoms with van der Waals surface area (Å²) in [6, 6.07) is 4.29. The van der Waals surface area contributed by atoms with Gasteiger partial charge in [-0.3, -0.25) is 4.79 Å². The number of rotatable bonds is 5. The van der Waals surface area contributed by atoms with Crippen molar-refractivity contribution < 1.29 is 19.0 Å². The molecule has 1 amide bonds. The van der Waals surface area contributed by atoms with E-state index in [2.05, 4.69) is 17.2 Å². The number of aliphatic hydroxyl groups is 1. The average molecular weight is 279 g/mol. The highest BCUT2D eigenvalue weighted by Crippen LogP contribution is 2.15. The Bertz CT molecular complexity index is 518. The summed E-state index contributed by atoms with van der Waals surface area (Å²) in [7, 11) is 0. The zero-order valence-corrected chi connectivity index (χ0v) is 11.6. The average Bonchev–Trinajstić information content (AvgIpc) is 2.40. The van der Waals surface area contributed by atoms with Gasteiger partial charge in [0.05, 0.1) is 18.4 Å². The SMILES string of the molecule is CC(C)OCC(=O)Nc1ccc(C#CCCO)cc1F. The lowest BCUT2D eigenvalue weighted by Gasteiger charge is -2.09. The van der Waals surface area contributed by atoms with E-state index < -0.39 is 11.7 Å². The third-order valence-corrected chi connectivity index (χ3v) is 2.26. The quantitative estimate of drug-likeness (QED) is 0.810. The molecule has 0 atom stereocenters. The molecule has 0 aliphatic heterocycles. The maximum atomic E-state index is 13.7. The van der Waals surface area contributed by atoms with E-state index in [0.29, 0.717) is 12.0 Å². The molecule has 0 saturated carbocycles. The van der Waals surface area contributed by atoms with Crippen LogP contribution in [-0.4, -0.2) is 30.3 Å². The third kappa shape index (κ3) is 5.83. The zero-order valence-electron chi connectivity index (χ0n) is 11.6. The standard InChI is InChI=1S/C15H18FNO3/c1-11(2)20-10-15(19)17-14-7-6-12(9-13(14)16)5-3-4-8-18/h6-7,9,11,18H,4,8,10H2,1-2H3,(H,17,19). The van der Waals surface area contributed by atoms with Crippen molar-refractivity contribution in [3.05, 3.63) is 29.6 Å². The van der Waals surface area contributed by atoms with Gasteiger partial charge in [0.2, 0.25) is 5.91 Å². The molecule has 108 valence electrons. The van der Waals surface area contributed by atoms with Gasteiger partial charge in [-0.1, -0.05) is 11.8 Å². The first-order chi connectivity index (χ1) is 9.52. The Kier molecular flexibility index (Phi) is 6.71. The van der Waals surface area contributed by atoms with E-state index in [-0.39, 0.29) is 25.0 Å². The fraction of sp³-hybridized carbons (Fsp3) is 0.400. The predicted octanol–water partition coefficient (Wildman–Crippen LogP) is 1.92. The first-order valence-electron chi connectivity index (χ1n) is 6.33. The number of nitrogens with one attached hydrogen (secondary N) is 1. The molecule has 5 heteroatoms. The van der Waals surface area contributed by atoms with Gasteiger partial charge in [-0.25, -0.2) is 4.39 Å². The Balaban J connectivity index is 2.64. The van der Waals surface area contributed by atoms with Crippen LogP contribution in [0.5, 0.6) is 0 Å². The molecular weight excluding hydrogens is 261 g/mol. The molecule has 0 bridgehead atoms. The van der Waals surface area contributed by atoms with Gasteiger partial charge in [0.25, 0.3) is 0 Å². The Morgan fingerprint density at radius 2 is 2.25 bits per heavy atom. The molecule has 2 N–H and O–H groups in total. The van der Waals surface area contributed by atoms with Gasteiger partial charge in [0, 0.05) is 12.0 Å². The van der Waals surface area contributed by atoms with Crippen molar-refractivity contribution in [1.29, 1.82) is 0 Å². The summed E-state index contributed by atoms with van der Waals surface area (Å²) in [5.74, 6) is 4.45. The fourth-order valence-electron chi connectivity index (χ4n) is 1.34. The second-order valence-corrected chi connectivity index (χ2v) is 4.38. The number of ether oxygens (including phenoxy) is 1. The number of hydrogen-bond donors (Lipinski definition) is 2. The van der Waals surface area contributed by atoms with Crippen LogP contribution in [-0.2, 0) is 9.53 Å². The monoisotopic (exact) mass is 279 g/mol. The molecule has 0 heterocycles. The Morgan fingerprint density at radius 1 is 1.50 bits per heavy atom. The molecule has 0 spiro atoms. The fourth-order valence-corrected chi connectivity index (χ4v) is 1.34. The number of anilines is 1. The van der Waals surface area contributed by atoms with E-state index in [9.17, 15) is 9.18 Å². The molecule has 0 aliphatic carbocycles. The van der Waals surface area contributed by atoms with E-state index in [1.165, 1.54) is 12.1 Å². The first-order valence-corrected chi connectivity index (χ1v) is 6.33. The van der Waals surface area contributed by atoms with Crippen molar-refractivity contribution in [2.45, 2.75) is 26.4 Å². The normalized spacial score (nSPS) is 10.1. The number of benzene rings is 1. The molecule has 1 aromatic rings. The lowest BCUT2D eigenvalue weighted by Crippen LogP contribution is -2.21. The van der Waals surface area contributed by atoms with Gasteiger partial charge in [-0.2, -0.15) is 0 Å². The topological polar surface area (TPSA) is 58.6 Å². The van der Waals surface area contributed by atoms with Gasteiger partial charge < -0.3 is 15.2 Å². The molecule has 0 aliphatic rings. The highest BCUT2D eigenvalue weighted by molar-refractivity contribution is 5.91. The van der Waals surface area contributed by atoms with E-state index in [0.717, 1.165) is 0 Å². The van der Waals surface area contributed by atoms with Gasteiger partial charge in [0.1, 0.15) is 12.4 Å². The molecule has 0 fully saturated rings. The molecular formula is C15H18FNO3. The van der Waals surface area contributed by atoms with Gasteiger partial charge >= 0.3 is 0 Å². The van der Waals surface area contributed by atoms with Crippen molar-refractivity contribution >= 4 is 11.6 Å². The van der Waals surface area contributed by atoms with E-state index in [1.54, 1.807) is 6.07 Å². The summed E-state index contributed by atoms with van der Waals surface area (Å²) in [6.07, 6.45) is 0.280. The summed E-state index contributed by atoms with van der Waals surface area (Å²) >= 11 is 0. The predicted molar refractivity (Wildman–Crippen MR) is 74.7 cm³/mol. The van der Waals surface area contributed by atoms with Crippen LogP contribution in [0.3, 0.4) is 0 Å². The molecule has 0 saturated heterocycles. The lowest BCUT2D eigenvalue weighted by atomic mass is 10.2. The molecule has 0 unspecified atom stereocenters. The Morgan fingerprint density at radius 3 is 2.85 bits per heavy atom. The van der Waals surface area contributed by atoms with Crippen LogP contribution < -0.4 is 5.32 Å². The molecule has 4 nitrogen and oxygen atoms in total. The number of amides is 1. The molecule has 1 rings (SSSR count). The molecule has 1 aromatic carbocycles. The zero-order chi connectivity index (χ0) is 15.0. The minimum absolute atomic E-state index is 0.0283. The van der Waals surface area contributed by atoms with Gasteiger partial charge in [-0.05, 0) is 32.0 Å². The smallest absolute Gasteiger partial charge is 0.250 e. The third-order valence-electron chi connectivity index (χ3n) is 2.26. The maximum absolute atomic E-state index is 13.7. The van der Waals surface area contributed by atoms with Crippen molar-refractivity contribution in [1.82, 2.24) is 0 Å². The maximum Gasteiger partial charge on any atom is 0.250 e.